The monoisotopic (exact) mass is 260 g/mol. The minimum Gasteiger partial charge on any atom is -0.492 e. The second-order valence-corrected chi connectivity index (χ2v) is 3.90. The molecule has 0 saturated carbocycles. The summed E-state index contributed by atoms with van der Waals surface area (Å²) in [4.78, 5) is 12.2. The molecule has 0 amide bonds. The maximum absolute atomic E-state index is 5.76. The van der Waals surface area contributed by atoms with Crippen molar-refractivity contribution in [2.75, 3.05) is 19.5 Å². The molecule has 0 fully saturated rings. The van der Waals surface area contributed by atoms with E-state index in [-0.39, 0.29) is 0 Å². The van der Waals surface area contributed by atoms with Crippen LogP contribution in [0.3, 0.4) is 0 Å². The molecule has 19 heavy (non-hydrogen) atoms. The minimum atomic E-state index is 0.298. The van der Waals surface area contributed by atoms with Crippen molar-refractivity contribution in [3.63, 3.8) is 0 Å². The average Bonchev–Trinajstić information content (AvgIpc) is 2.45. The first-order valence-corrected chi connectivity index (χ1v) is 5.99. The third-order valence-corrected chi connectivity index (χ3v) is 2.49. The van der Waals surface area contributed by atoms with E-state index < -0.39 is 0 Å². The first kappa shape index (κ1) is 13.1. The van der Waals surface area contributed by atoms with Crippen molar-refractivity contribution in [3.05, 3.63) is 24.8 Å². The fourth-order valence-electron chi connectivity index (χ4n) is 1.64. The van der Waals surface area contributed by atoms with E-state index in [1.165, 1.54) is 13.4 Å². The summed E-state index contributed by atoms with van der Waals surface area (Å²) < 4.78 is 10.8. The maximum Gasteiger partial charge on any atom is 0.187 e. The normalized spacial score (nSPS) is 10.2. The highest BCUT2D eigenvalue weighted by Crippen LogP contribution is 2.32. The number of hydrogen-bond acceptors (Lipinski definition) is 6. The van der Waals surface area contributed by atoms with Gasteiger partial charge in [0.15, 0.2) is 11.6 Å². The fourth-order valence-corrected chi connectivity index (χ4v) is 1.64. The summed E-state index contributed by atoms with van der Waals surface area (Å²) in [6.07, 6.45) is 5.68. The van der Waals surface area contributed by atoms with Gasteiger partial charge >= 0.3 is 0 Å². The number of pyridine rings is 1. The van der Waals surface area contributed by atoms with Crippen molar-refractivity contribution in [1.29, 1.82) is 0 Å². The van der Waals surface area contributed by atoms with E-state index in [1.54, 1.807) is 12.4 Å². The number of anilines is 1. The number of rotatable bonds is 5. The van der Waals surface area contributed by atoms with Gasteiger partial charge in [0, 0.05) is 11.8 Å². The van der Waals surface area contributed by atoms with E-state index >= 15 is 0 Å². The molecule has 0 aliphatic rings. The standard InChI is InChI=1S/C13H16N4O2/c1-3-4-19-10-5-9(6-15-7-10)11-12(18-2)13(14)17-8-16-11/h5-8H,3-4H2,1-2H3,(H2,14,16,17). The Bertz CT molecular complexity index is 560. The van der Waals surface area contributed by atoms with Gasteiger partial charge in [-0.3, -0.25) is 4.98 Å². The molecule has 0 aliphatic heterocycles. The van der Waals surface area contributed by atoms with Crippen LogP contribution < -0.4 is 15.2 Å². The number of nitrogens with two attached hydrogens (primary N) is 1. The van der Waals surface area contributed by atoms with Gasteiger partial charge < -0.3 is 15.2 Å². The molecule has 6 nitrogen and oxygen atoms in total. The third-order valence-electron chi connectivity index (χ3n) is 2.49. The van der Waals surface area contributed by atoms with Crippen molar-refractivity contribution in [1.82, 2.24) is 15.0 Å². The molecule has 0 unspecified atom stereocenters. The van der Waals surface area contributed by atoms with Gasteiger partial charge in [0.05, 0.1) is 19.9 Å². The summed E-state index contributed by atoms with van der Waals surface area (Å²) in [5, 5.41) is 0. The molecule has 0 spiro atoms. The lowest BCUT2D eigenvalue weighted by molar-refractivity contribution is 0.316. The summed E-state index contributed by atoms with van der Waals surface area (Å²) in [6.45, 7) is 2.69. The molecular weight excluding hydrogens is 244 g/mol. The molecule has 0 saturated heterocycles. The molecule has 2 aromatic rings. The van der Waals surface area contributed by atoms with Gasteiger partial charge in [-0.05, 0) is 12.5 Å². The number of nitrogens with zero attached hydrogens (tertiary/aromatic N) is 3. The van der Waals surface area contributed by atoms with Crippen LogP contribution in [-0.2, 0) is 0 Å². The smallest absolute Gasteiger partial charge is 0.187 e. The second kappa shape index (κ2) is 5.99. The number of aromatic nitrogens is 3. The Labute approximate surface area is 111 Å². The number of ether oxygens (including phenoxy) is 2. The van der Waals surface area contributed by atoms with Crippen LogP contribution in [0.4, 0.5) is 5.82 Å². The van der Waals surface area contributed by atoms with Crippen molar-refractivity contribution in [2.45, 2.75) is 13.3 Å². The molecule has 100 valence electrons. The maximum atomic E-state index is 5.76. The lowest BCUT2D eigenvalue weighted by atomic mass is 10.2. The molecule has 2 rings (SSSR count). The highest BCUT2D eigenvalue weighted by atomic mass is 16.5. The molecule has 0 radical (unpaired) electrons. The number of methoxy groups -OCH3 is 1. The van der Waals surface area contributed by atoms with Crippen LogP contribution in [0.5, 0.6) is 11.5 Å². The van der Waals surface area contributed by atoms with E-state index in [0.29, 0.717) is 29.6 Å². The molecule has 2 aromatic heterocycles. The fraction of sp³-hybridized carbons (Fsp3) is 0.308. The molecule has 0 bridgehead atoms. The Kier molecular flexibility index (Phi) is 4.12. The summed E-state index contributed by atoms with van der Waals surface area (Å²) in [5.41, 5.74) is 7.14. The van der Waals surface area contributed by atoms with Crippen LogP contribution in [0.15, 0.2) is 24.8 Å². The molecule has 0 atom stereocenters. The van der Waals surface area contributed by atoms with Crippen LogP contribution in [0, 0.1) is 0 Å². The topological polar surface area (TPSA) is 83.2 Å². The number of nitrogen functional groups attached to an aromatic ring is 1. The number of hydrogen-bond donors (Lipinski definition) is 1. The van der Waals surface area contributed by atoms with Crippen molar-refractivity contribution in [3.8, 4) is 22.8 Å². The van der Waals surface area contributed by atoms with Crippen LogP contribution in [0.2, 0.25) is 0 Å². The Morgan fingerprint density at radius 2 is 2.11 bits per heavy atom. The SMILES string of the molecule is CCCOc1cncc(-c2ncnc(N)c2OC)c1. The van der Waals surface area contributed by atoms with Gasteiger partial charge in [-0.2, -0.15) is 0 Å². The van der Waals surface area contributed by atoms with Crippen LogP contribution in [0.1, 0.15) is 13.3 Å². The van der Waals surface area contributed by atoms with Gasteiger partial charge in [-0.15, -0.1) is 0 Å². The summed E-state index contributed by atoms with van der Waals surface area (Å²) >= 11 is 0. The van der Waals surface area contributed by atoms with Gasteiger partial charge in [0.1, 0.15) is 17.8 Å². The molecule has 0 aliphatic carbocycles. The molecule has 6 heteroatoms. The second-order valence-electron chi connectivity index (χ2n) is 3.90. The van der Waals surface area contributed by atoms with Crippen LogP contribution in [-0.4, -0.2) is 28.7 Å². The molecule has 0 aromatic carbocycles. The van der Waals surface area contributed by atoms with Crippen molar-refractivity contribution in [2.24, 2.45) is 0 Å². The summed E-state index contributed by atoms with van der Waals surface area (Å²) in [5.74, 6) is 1.43. The van der Waals surface area contributed by atoms with Gasteiger partial charge in [-0.25, -0.2) is 9.97 Å². The molecule has 2 heterocycles. The highest BCUT2D eigenvalue weighted by Gasteiger charge is 2.12. The van der Waals surface area contributed by atoms with Gasteiger partial charge in [-0.1, -0.05) is 6.92 Å². The summed E-state index contributed by atoms with van der Waals surface area (Å²) in [6, 6.07) is 1.85. The first-order chi connectivity index (χ1) is 9.26. The Hall–Kier alpha value is -2.37. The van der Waals surface area contributed by atoms with Crippen molar-refractivity contribution < 1.29 is 9.47 Å². The Morgan fingerprint density at radius 1 is 1.26 bits per heavy atom. The highest BCUT2D eigenvalue weighted by molar-refractivity contribution is 5.71. The van der Waals surface area contributed by atoms with Gasteiger partial charge in [0.25, 0.3) is 0 Å². The predicted molar refractivity (Wildman–Crippen MR) is 72.0 cm³/mol. The van der Waals surface area contributed by atoms with Crippen LogP contribution >= 0.6 is 0 Å². The van der Waals surface area contributed by atoms with E-state index in [9.17, 15) is 0 Å². The lowest BCUT2D eigenvalue weighted by Crippen LogP contribution is -2.00. The zero-order chi connectivity index (χ0) is 13.7. The molecule has 2 N–H and O–H groups in total. The van der Waals surface area contributed by atoms with E-state index in [1.807, 2.05) is 13.0 Å². The summed E-state index contributed by atoms with van der Waals surface area (Å²) in [7, 11) is 1.53. The average molecular weight is 260 g/mol. The quantitative estimate of drug-likeness (QED) is 0.884. The van der Waals surface area contributed by atoms with Crippen molar-refractivity contribution >= 4 is 5.82 Å². The van der Waals surface area contributed by atoms with Crippen LogP contribution in [0.25, 0.3) is 11.3 Å². The van der Waals surface area contributed by atoms with E-state index in [2.05, 4.69) is 15.0 Å². The van der Waals surface area contributed by atoms with E-state index in [0.717, 1.165) is 12.0 Å². The lowest BCUT2D eigenvalue weighted by Gasteiger charge is -2.10. The Morgan fingerprint density at radius 3 is 2.84 bits per heavy atom. The largest absolute Gasteiger partial charge is 0.492 e. The zero-order valence-electron chi connectivity index (χ0n) is 11.0. The predicted octanol–water partition coefficient (Wildman–Crippen LogP) is 1.92. The first-order valence-electron chi connectivity index (χ1n) is 5.99. The molecular formula is C13H16N4O2. The Balaban J connectivity index is 2.39. The van der Waals surface area contributed by atoms with Gasteiger partial charge in [0.2, 0.25) is 0 Å². The minimum absolute atomic E-state index is 0.298. The zero-order valence-corrected chi connectivity index (χ0v) is 11.0. The van der Waals surface area contributed by atoms with E-state index in [4.69, 9.17) is 15.2 Å². The third kappa shape index (κ3) is 2.90.